The maximum absolute atomic E-state index is 5.59. The highest BCUT2D eigenvalue weighted by Gasteiger charge is 2.36. The highest BCUT2D eigenvalue weighted by atomic mass is 28.4. The van der Waals surface area contributed by atoms with Crippen molar-refractivity contribution >= 4 is 8.80 Å². The van der Waals surface area contributed by atoms with Crippen molar-refractivity contribution in [3.63, 3.8) is 0 Å². The van der Waals surface area contributed by atoms with Crippen LogP contribution in [0, 0.1) is 0 Å². The van der Waals surface area contributed by atoms with Gasteiger partial charge in [0.25, 0.3) is 0 Å². The quantitative estimate of drug-likeness (QED) is 0.464. The predicted octanol–water partition coefficient (Wildman–Crippen LogP) is 1.01. The summed E-state index contributed by atoms with van der Waals surface area (Å²) in [6.45, 7) is 3.38. The Morgan fingerprint density at radius 3 is 2.12 bits per heavy atom. The van der Waals surface area contributed by atoms with Crippen molar-refractivity contribution < 1.29 is 18.0 Å². The van der Waals surface area contributed by atoms with Crippen molar-refractivity contribution in [3.05, 3.63) is 0 Å². The molecule has 0 aliphatic carbocycles. The van der Waals surface area contributed by atoms with E-state index in [1.165, 1.54) is 0 Å². The van der Waals surface area contributed by atoms with Crippen LogP contribution < -0.4 is 5.73 Å². The Kier molecular flexibility index (Phi) is 9.10. The molecule has 1 atom stereocenters. The number of ether oxygens (including phenoxy) is 1. The smallest absolute Gasteiger partial charge is 0.378 e. The van der Waals surface area contributed by atoms with E-state index in [2.05, 4.69) is 0 Å². The zero-order chi connectivity index (χ0) is 12.4. The lowest BCUT2D eigenvalue weighted by molar-refractivity contribution is 0.0573. The third kappa shape index (κ3) is 5.93. The van der Waals surface area contributed by atoms with Gasteiger partial charge in [-0.05, 0) is 26.3 Å². The molecule has 0 saturated carbocycles. The number of rotatable bonds is 10. The summed E-state index contributed by atoms with van der Waals surface area (Å²) in [7, 11) is 2.45. The molecule has 0 aliphatic rings. The molecule has 0 aliphatic heterocycles. The first-order chi connectivity index (χ1) is 7.64. The topological polar surface area (TPSA) is 62.9 Å². The van der Waals surface area contributed by atoms with Gasteiger partial charge in [0.05, 0.1) is 6.10 Å². The Morgan fingerprint density at radius 1 is 1.12 bits per heavy atom. The van der Waals surface area contributed by atoms with Crippen LogP contribution in [-0.2, 0) is 18.0 Å². The molecular formula is C10H25NO4Si. The molecule has 0 aromatic heterocycles. The fourth-order valence-corrected chi connectivity index (χ4v) is 3.14. The van der Waals surface area contributed by atoms with Crippen LogP contribution in [0.4, 0.5) is 0 Å². The van der Waals surface area contributed by atoms with E-state index in [9.17, 15) is 0 Å². The standard InChI is InChI=1S/C10H25NO4Si/c1-10(6-7-11)15-8-5-9-16(12-2,13-3)14-4/h10H,5-9,11H2,1-4H3. The second kappa shape index (κ2) is 9.09. The van der Waals surface area contributed by atoms with Crippen molar-refractivity contribution in [1.82, 2.24) is 0 Å². The molecule has 0 aromatic rings. The van der Waals surface area contributed by atoms with Crippen molar-refractivity contribution in [2.45, 2.75) is 31.9 Å². The zero-order valence-corrected chi connectivity index (χ0v) is 11.8. The molecule has 16 heavy (non-hydrogen) atoms. The minimum atomic E-state index is -2.41. The van der Waals surface area contributed by atoms with E-state index in [4.69, 9.17) is 23.7 Å². The molecule has 2 N–H and O–H groups in total. The van der Waals surface area contributed by atoms with Crippen LogP contribution >= 0.6 is 0 Å². The second-order valence-corrected chi connectivity index (χ2v) is 6.75. The van der Waals surface area contributed by atoms with E-state index in [0.29, 0.717) is 13.2 Å². The third-order valence-electron chi connectivity index (χ3n) is 2.54. The van der Waals surface area contributed by atoms with Gasteiger partial charge in [0.15, 0.2) is 0 Å². The summed E-state index contributed by atoms with van der Waals surface area (Å²) in [5, 5.41) is 0. The van der Waals surface area contributed by atoms with E-state index in [0.717, 1.165) is 18.9 Å². The average molecular weight is 251 g/mol. The van der Waals surface area contributed by atoms with Gasteiger partial charge in [0.1, 0.15) is 0 Å². The molecule has 1 unspecified atom stereocenters. The molecule has 0 aromatic carbocycles. The number of hydrogen-bond donors (Lipinski definition) is 1. The van der Waals surface area contributed by atoms with Crippen LogP contribution in [-0.4, -0.2) is 49.4 Å². The fraction of sp³-hybridized carbons (Fsp3) is 1.00. The van der Waals surface area contributed by atoms with Gasteiger partial charge in [-0.2, -0.15) is 0 Å². The molecule has 0 rings (SSSR count). The van der Waals surface area contributed by atoms with Gasteiger partial charge in [-0.25, -0.2) is 0 Å². The molecule has 0 heterocycles. The van der Waals surface area contributed by atoms with Crippen molar-refractivity contribution in [1.29, 1.82) is 0 Å². The van der Waals surface area contributed by atoms with Crippen molar-refractivity contribution in [3.8, 4) is 0 Å². The summed E-state index contributed by atoms with van der Waals surface area (Å²) in [5.41, 5.74) is 5.43. The minimum absolute atomic E-state index is 0.216. The summed E-state index contributed by atoms with van der Waals surface area (Å²) >= 11 is 0. The van der Waals surface area contributed by atoms with Crippen LogP contribution in [0.3, 0.4) is 0 Å². The molecule has 0 radical (unpaired) electrons. The Balaban J connectivity index is 3.70. The Labute approximate surface area is 99.6 Å². The zero-order valence-electron chi connectivity index (χ0n) is 10.8. The number of nitrogens with two attached hydrogens (primary N) is 1. The molecule has 5 nitrogen and oxygen atoms in total. The molecule has 0 fully saturated rings. The summed E-state index contributed by atoms with van der Waals surface area (Å²) < 4.78 is 21.5. The SMILES string of the molecule is CO[Si](CCCOC(C)CCN)(OC)OC. The highest BCUT2D eigenvalue weighted by Crippen LogP contribution is 2.15. The maximum atomic E-state index is 5.59. The van der Waals surface area contributed by atoms with Gasteiger partial charge in [0.2, 0.25) is 0 Å². The van der Waals surface area contributed by atoms with E-state index in [-0.39, 0.29) is 6.10 Å². The summed E-state index contributed by atoms with van der Waals surface area (Å²) in [4.78, 5) is 0. The number of hydrogen-bond acceptors (Lipinski definition) is 5. The van der Waals surface area contributed by atoms with Crippen molar-refractivity contribution in [2.75, 3.05) is 34.5 Å². The van der Waals surface area contributed by atoms with Gasteiger partial charge < -0.3 is 23.7 Å². The summed E-state index contributed by atoms with van der Waals surface area (Å²) in [6.07, 6.45) is 1.98. The van der Waals surface area contributed by atoms with Crippen LogP contribution in [0.1, 0.15) is 19.8 Å². The second-order valence-electron chi connectivity index (χ2n) is 3.66. The van der Waals surface area contributed by atoms with Crippen LogP contribution in [0.25, 0.3) is 0 Å². The first-order valence-electron chi connectivity index (χ1n) is 5.61. The average Bonchev–Trinajstić information content (AvgIpc) is 2.31. The van der Waals surface area contributed by atoms with Crippen molar-refractivity contribution in [2.24, 2.45) is 5.73 Å². The summed E-state index contributed by atoms with van der Waals surface area (Å²) in [5.74, 6) is 0. The molecule has 0 bridgehead atoms. The van der Waals surface area contributed by atoms with Gasteiger partial charge in [0, 0.05) is 34.0 Å². The van der Waals surface area contributed by atoms with Crippen LogP contribution in [0.2, 0.25) is 6.04 Å². The fourth-order valence-electron chi connectivity index (χ4n) is 1.45. The largest absolute Gasteiger partial charge is 0.500 e. The summed E-state index contributed by atoms with van der Waals surface area (Å²) in [6, 6.07) is 0.770. The minimum Gasteiger partial charge on any atom is -0.378 e. The van der Waals surface area contributed by atoms with Gasteiger partial charge >= 0.3 is 8.80 Å². The molecular weight excluding hydrogens is 226 g/mol. The Bertz CT molecular complexity index is 159. The Hall–Kier alpha value is 0.0169. The van der Waals surface area contributed by atoms with E-state index < -0.39 is 8.80 Å². The molecule has 0 spiro atoms. The molecule has 0 amide bonds. The maximum Gasteiger partial charge on any atom is 0.500 e. The van der Waals surface area contributed by atoms with Crippen LogP contribution in [0.15, 0.2) is 0 Å². The van der Waals surface area contributed by atoms with E-state index >= 15 is 0 Å². The predicted molar refractivity (Wildman–Crippen MR) is 65.3 cm³/mol. The van der Waals surface area contributed by atoms with Gasteiger partial charge in [-0.1, -0.05) is 0 Å². The highest BCUT2D eigenvalue weighted by molar-refractivity contribution is 6.60. The lowest BCUT2D eigenvalue weighted by Gasteiger charge is -2.24. The lowest BCUT2D eigenvalue weighted by Crippen LogP contribution is -2.42. The van der Waals surface area contributed by atoms with E-state index in [1.54, 1.807) is 21.3 Å². The molecule has 98 valence electrons. The molecule has 0 saturated heterocycles. The first-order valence-corrected chi connectivity index (χ1v) is 7.54. The third-order valence-corrected chi connectivity index (χ3v) is 5.37. The van der Waals surface area contributed by atoms with E-state index in [1.807, 2.05) is 6.92 Å². The first kappa shape index (κ1) is 16.0. The lowest BCUT2D eigenvalue weighted by atomic mass is 10.3. The normalized spacial score (nSPS) is 14.1. The van der Waals surface area contributed by atoms with Crippen LogP contribution in [0.5, 0.6) is 0 Å². The molecule has 6 heteroatoms. The van der Waals surface area contributed by atoms with Gasteiger partial charge in [-0.3, -0.25) is 0 Å². The Morgan fingerprint density at radius 2 is 1.69 bits per heavy atom. The van der Waals surface area contributed by atoms with Gasteiger partial charge in [-0.15, -0.1) is 0 Å². The monoisotopic (exact) mass is 251 g/mol.